The highest BCUT2D eigenvalue weighted by Gasteiger charge is 2.24. The molecule has 0 radical (unpaired) electrons. The van der Waals surface area contributed by atoms with Gasteiger partial charge in [0.05, 0.1) is 20.2 Å². The molecule has 0 spiro atoms. The van der Waals surface area contributed by atoms with Crippen LogP contribution in [0.25, 0.3) is 0 Å². The highest BCUT2D eigenvalue weighted by molar-refractivity contribution is 9.10. The third-order valence-electron chi connectivity index (χ3n) is 5.19. The Morgan fingerprint density at radius 3 is 2.70 bits per heavy atom. The van der Waals surface area contributed by atoms with Crippen LogP contribution < -0.4 is 14.4 Å². The van der Waals surface area contributed by atoms with Gasteiger partial charge >= 0.3 is 0 Å². The molecule has 2 aromatic rings. The number of halogens is 1. The molecule has 7 heteroatoms. The molecule has 144 valence electrons. The Labute approximate surface area is 167 Å². The van der Waals surface area contributed by atoms with Crippen molar-refractivity contribution in [2.24, 2.45) is 0 Å². The normalized spacial score (nSPS) is 17.3. The SMILES string of the molecule is COc1cc(N2CC(=O)n3cc(Br)cc3C2)ccc1OCCN1CCCC1. The molecule has 1 aromatic heterocycles. The van der Waals surface area contributed by atoms with E-state index in [1.54, 1.807) is 11.7 Å². The van der Waals surface area contributed by atoms with Crippen molar-refractivity contribution in [2.75, 3.05) is 44.8 Å². The second-order valence-corrected chi connectivity index (χ2v) is 7.92. The van der Waals surface area contributed by atoms with Crippen LogP contribution in [0.2, 0.25) is 0 Å². The van der Waals surface area contributed by atoms with E-state index in [4.69, 9.17) is 9.47 Å². The number of rotatable bonds is 6. The van der Waals surface area contributed by atoms with Crippen LogP contribution in [0.4, 0.5) is 5.69 Å². The summed E-state index contributed by atoms with van der Waals surface area (Å²) >= 11 is 3.45. The van der Waals surface area contributed by atoms with E-state index in [0.29, 0.717) is 25.4 Å². The molecule has 1 saturated heterocycles. The molecule has 0 N–H and O–H groups in total. The molecule has 0 bridgehead atoms. The molecule has 1 fully saturated rings. The summed E-state index contributed by atoms with van der Waals surface area (Å²) in [4.78, 5) is 16.9. The molecule has 3 heterocycles. The molecule has 0 atom stereocenters. The fourth-order valence-electron chi connectivity index (χ4n) is 3.76. The van der Waals surface area contributed by atoms with Crippen molar-refractivity contribution in [3.63, 3.8) is 0 Å². The number of anilines is 1. The van der Waals surface area contributed by atoms with Crippen molar-refractivity contribution >= 4 is 27.5 Å². The first-order chi connectivity index (χ1) is 13.1. The van der Waals surface area contributed by atoms with E-state index >= 15 is 0 Å². The zero-order valence-electron chi connectivity index (χ0n) is 15.5. The number of carbonyl (C=O) groups is 1. The lowest BCUT2D eigenvalue weighted by molar-refractivity contribution is 0.0906. The van der Waals surface area contributed by atoms with Crippen molar-refractivity contribution in [3.05, 3.63) is 40.6 Å². The van der Waals surface area contributed by atoms with Crippen LogP contribution in [-0.2, 0) is 6.54 Å². The summed E-state index contributed by atoms with van der Waals surface area (Å²) in [6.45, 7) is 4.94. The Morgan fingerprint density at radius 1 is 1.11 bits per heavy atom. The average Bonchev–Trinajstić information content (AvgIpc) is 3.31. The largest absolute Gasteiger partial charge is 0.493 e. The summed E-state index contributed by atoms with van der Waals surface area (Å²) in [7, 11) is 1.65. The number of methoxy groups -OCH3 is 1. The summed E-state index contributed by atoms with van der Waals surface area (Å²) in [5.41, 5.74) is 1.93. The van der Waals surface area contributed by atoms with Gasteiger partial charge < -0.3 is 14.4 Å². The first kappa shape index (κ1) is 18.4. The number of hydrogen-bond donors (Lipinski definition) is 0. The van der Waals surface area contributed by atoms with E-state index in [1.165, 1.54) is 25.9 Å². The number of ether oxygens (including phenoxy) is 2. The van der Waals surface area contributed by atoms with Gasteiger partial charge in [0.15, 0.2) is 11.5 Å². The molecule has 2 aliphatic rings. The quantitative estimate of drug-likeness (QED) is 0.698. The summed E-state index contributed by atoms with van der Waals surface area (Å²) in [5.74, 6) is 1.50. The minimum atomic E-state index is 0.0619. The number of benzene rings is 1. The van der Waals surface area contributed by atoms with E-state index in [1.807, 2.05) is 30.5 Å². The molecule has 0 aliphatic carbocycles. The second-order valence-electron chi connectivity index (χ2n) is 7.00. The van der Waals surface area contributed by atoms with Crippen molar-refractivity contribution in [2.45, 2.75) is 19.4 Å². The maximum Gasteiger partial charge on any atom is 0.250 e. The standard InChI is InChI=1S/C20H24BrN3O3/c1-26-19-11-16(4-5-18(19)27-9-8-22-6-2-3-7-22)23-13-17-10-15(21)12-24(17)20(25)14-23/h4-5,10-12H,2-3,6-9,13-14H2,1H3. The fourth-order valence-corrected chi connectivity index (χ4v) is 4.23. The van der Waals surface area contributed by atoms with Crippen molar-refractivity contribution in [1.82, 2.24) is 9.47 Å². The van der Waals surface area contributed by atoms with Gasteiger partial charge in [0.1, 0.15) is 6.61 Å². The van der Waals surface area contributed by atoms with Gasteiger partial charge in [-0.05, 0) is 60.1 Å². The monoisotopic (exact) mass is 433 g/mol. The molecule has 2 aliphatic heterocycles. The smallest absolute Gasteiger partial charge is 0.250 e. The minimum Gasteiger partial charge on any atom is -0.493 e. The van der Waals surface area contributed by atoms with Crippen LogP contribution in [0, 0.1) is 0 Å². The molecule has 6 nitrogen and oxygen atoms in total. The maximum absolute atomic E-state index is 12.4. The van der Waals surface area contributed by atoms with E-state index < -0.39 is 0 Å². The number of hydrogen-bond acceptors (Lipinski definition) is 5. The molecule has 0 unspecified atom stereocenters. The van der Waals surface area contributed by atoms with Gasteiger partial charge in [-0.3, -0.25) is 14.3 Å². The number of carbonyl (C=O) groups excluding carboxylic acids is 1. The van der Waals surface area contributed by atoms with E-state index in [-0.39, 0.29) is 5.91 Å². The van der Waals surface area contributed by atoms with Crippen LogP contribution in [0.5, 0.6) is 11.5 Å². The van der Waals surface area contributed by atoms with Crippen LogP contribution in [-0.4, -0.2) is 55.3 Å². The summed E-state index contributed by atoms with van der Waals surface area (Å²) < 4.78 is 14.1. The molecule has 1 aromatic carbocycles. The summed E-state index contributed by atoms with van der Waals surface area (Å²) in [5, 5.41) is 0. The Balaban J connectivity index is 1.45. The zero-order valence-corrected chi connectivity index (χ0v) is 17.1. The van der Waals surface area contributed by atoms with Gasteiger partial charge in [0.2, 0.25) is 5.91 Å². The van der Waals surface area contributed by atoms with Gasteiger partial charge in [-0.25, -0.2) is 0 Å². The predicted octanol–water partition coefficient (Wildman–Crippen LogP) is 3.39. The number of fused-ring (bicyclic) bond motifs is 1. The third kappa shape index (κ3) is 3.99. The van der Waals surface area contributed by atoms with E-state index in [2.05, 4.69) is 25.7 Å². The highest BCUT2D eigenvalue weighted by Crippen LogP contribution is 2.33. The average molecular weight is 434 g/mol. The molecular weight excluding hydrogens is 410 g/mol. The summed E-state index contributed by atoms with van der Waals surface area (Å²) in [6, 6.07) is 7.87. The second kappa shape index (κ2) is 7.94. The number of aromatic nitrogens is 1. The van der Waals surface area contributed by atoms with Gasteiger partial charge in [-0.15, -0.1) is 0 Å². The van der Waals surface area contributed by atoms with Gasteiger partial charge in [-0.1, -0.05) is 0 Å². The highest BCUT2D eigenvalue weighted by atomic mass is 79.9. The lowest BCUT2D eigenvalue weighted by Crippen LogP contribution is -2.38. The van der Waals surface area contributed by atoms with E-state index in [0.717, 1.165) is 28.1 Å². The first-order valence-corrected chi connectivity index (χ1v) is 10.1. The fraction of sp³-hybridized carbons (Fsp3) is 0.450. The lowest BCUT2D eigenvalue weighted by Gasteiger charge is -2.29. The molecule has 0 saturated carbocycles. The Morgan fingerprint density at radius 2 is 1.93 bits per heavy atom. The topological polar surface area (TPSA) is 46.9 Å². The van der Waals surface area contributed by atoms with Crippen LogP contribution >= 0.6 is 15.9 Å². The Hall–Kier alpha value is -1.99. The maximum atomic E-state index is 12.4. The third-order valence-corrected chi connectivity index (χ3v) is 5.62. The summed E-state index contributed by atoms with van der Waals surface area (Å²) in [6.07, 6.45) is 4.39. The molecular formula is C20H24BrN3O3. The van der Waals surface area contributed by atoms with Gasteiger partial charge in [-0.2, -0.15) is 0 Å². The van der Waals surface area contributed by atoms with Crippen LogP contribution in [0.1, 0.15) is 23.3 Å². The van der Waals surface area contributed by atoms with Crippen molar-refractivity contribution in [1.29, 1.82) is 0 Å². The first-order valence-electron chi connectivity index (χ1n) is 9.32. The Kier molecular flexibility index (Phi) is 5.41. The molecule has 27 heavy (non-hydrogen) atoms. The van der Waals surface area contributed by atoms with Crippen LogP contribution in [0.15, 0.2) is 34.9 Å². The lowest BCUT2D eigenvalue weighted by atomic mass is 10.2. The number of nitrogens with zero attached hydrogens (tertiary/aromatic N) is 3. The van der Waals surface area contributed by atoms with E-state index in [9.17, 15) is 4.79 Å². The zero-order chi connectivity index (χ0) is 18.8. The van der Waals surface area contributed by atoms with Crippen LogP contribution in [0.3, 0.4) is 0 Å². The van der Waals surface area contributed by atoms with Gasteiger partial charge in [0.25, 0.3) is 0 Å². The molecule has 0 amide bonds. The Bertz CT molecular complexity index is 830. The minimum absolute atomic E-state index is 0.0619. The molecule has 4 rings (SSSR count). The predicted molar refractivity (Wildman–Crippen MR) is 108 cm³/mol. The van der Waals surface area contributed by atoms with Crippen molar-refractivity contribution in [3.8, 4) is 11.5 Å². The number of likely N-dealkylation sites (tertiary alicyclic amines) is 1. The van der Waals surface area contributed by atoms with Gasteiger partial charge in [0, 0.05) is 34.7 Å². The van der Waals surface area contributed by atoms with Crippen molar-refractivity contribution < 1.29 is 14.3 Å².